The van der Waals surface area contributed by atoms with Crippen LogP contribution < -0.4 is 0 Å². The molecule has 0 radical (unpaired) electrons. The smallest absolute Gasteiger partial charge is 0.299 e. The van der Waals surface area contributed by atoms with E-state index in [0.717, 1.165) is 12.1 Å². The quantitative estimate of drug-likeness (QED) is 0.857. The van der Waals surface area contributed by atoms with Crippen LogP contribution in [0.1, 0.15) is 24.0 Å². The highest BCUT2D eigenvalue weighted by Crippen LogP contribution is 2.30. The fourth-order valence-electron chi connectivity index (χ4n) is 2.51. The lowest BCUT2D eigenvalue weighted by Crippen LogP contribution is -2.13. The molecule has 2 rings (SSSR count). The molecule has 1 saturated heterocycles. The zero-order valence-electron chi connectivity index (χ0n) is 11.2. The highest BCUT2D eigenvalue weighted by Gasteiger charge is 2.31. The van der Waals surface area contributed by atoms with Crippen LogP contribution in [-0.2, 0) is 27.2 Å². The van der Waals surface area contributed by atoms with E-state index >= 15 is 0 Å². The van der Waals surface area contributed by atoms with Crippen molar-refractivity contribution < 1.29 is 26.4 Å². The summed E-state index contributed by atoms with van der Waals surface area (Å²) in [6, 6.07) is 4.66. The van der Waals surface area contributed by atoms with Crippen molar-refractivity contribution in [1.29, 1.82) is 0 Å². The summed E-state index contributed by atoms with van der Waals surface area (Å²) in [5.41, 5.74) is -0.480. The van der Waals surface area contributed by atoms with Crippen LogP contribution in [0.4, 0.5) is 13.2 Å². The van der Waals surface area contributed by atoms with E-state index in [1.165, 1.54) is 12.1 Å². The van der Waals surface area contributed by atoms with Gasteiger partial charge >= 0.3 is 6.18 Å². The number of benzene rings is 1. The summed E-state index contributed by atoms with van der Waals surface area (Å²) in [4.78, 5) is 11.9. The van der Waals surface area contributed by atoms with Gasteiger partial charge in [0.15, 0.2) is 9.84 Å². The number of carbonyl (C=O) groups excluding carboxylic acids is 1. The van der Waals surface area contributed by atoms with Gasteiger partial charge in [-0.3, -0.25) is 4.79 Å². The number of alkyl halides is 3. The molecule has 0 aliphatic carbocycles. The fourth-order valence-corrected chi connectivity index (χ4v) is 4.37. The van der Waals surface area contributed by atoms with Gasteiger partial charge in [0, 0.05) is 12.8 Å². The molecule has 21 heavy (non-hydrogen) atoms. The maximum Gasteiger partial charge on any atom is 0.416 e. The largest absolute Gasteiger partial charge is 0.416 e. The predicted octanol–water partition coefficient (Wildman–Crippen LogP) is 2.64. The summed E-state index contributed by atoms with van der Waals surface area (Å²) in [5.74, 6) is -0.333. The van der Waals surface area contributed by atoms with E-state index in [2.05, 4.69) is 0 Å². The van der Waals surface area contributed by atoms with Crippen LogP contribution in [0.2, 0.25) is 0 Å². The second-order valence-corrected chi connectivity index (χ2v) is 7.62. The first kappa shape index (κ1) is 16.0. The van der Waals surface area contributed by atoms with Crippen molar-refractivity contribution in [2.24, 2.45) is 5.92 Å². The van der Waals surface area contributed by atoms with Crippen LogP contribution in [0.5, 0.6) is 0 Å². The summed E-state index contributed by atoms with van der Waals surface area (Å²) in [7, 11) is -3.04. The second-order valence-electron chi connectivity index (χ2n) is 5.39. The molecule has 1 atom stereocenters. The zero-order valence-corrected chi connectivity index (χ0v) is 12.0. The maximum absolute atomic E-state index is 12.6. The molecule has 0 spiro atoms. The molecule has 116 valence electrons. The van der Waals surface area contributed by atoms with Crippen molar-refractivity contribution in [3.8, 4) is 0 Å². The summed E-state index contributed by atoms with van der Waals surface area (Å²) < 4.78 is 60.3. The number of hydrogen-bond donors (Lipinski definition) is 0. The monoisotopic (exact) mass is 320 g/mol. The maximum atomic E-state index is 12.6. The highest BCUT2D eigenvalue weighted by atomic mass is 32.2. The minimum Gasteiger partial charge on any atom is -0.299 e. The van der Waals surface area contributed by atoms with Crippen molar-refractivity contribution in [1.82, 2.24) is 0 Å². The number of halogens is 3. The number of rotatable bonds is 4. The van der Waals surface area contributed by atoms with Crippen LogP contribution in [0, 0.1) is 5.92 Å². The highest BCUT2D eigenvalue weighted by molar-refractivity contribution is 7.91. The molecule has 1 aromatic rings. The van der Waals surface area contributed by atoms with E-state index in [4.69, 9.17) is 0 Å². The van der Waals surface area contributed by atoms with Gasteiger partial charge in [0.2, 0.25) is 0 Å². The topological polar surface area (TPSA) is 51.2 Å². The summed E-state index contributed by atoms with van der Waals surface area (Å²) in [6.07, 6.45) is -3.97. The van der Waals surface area contributed by atoms with Gasteiger partial charge in [0.1, 0.15) is 5.78 Å². The predicted molar refractivity (Wildman–Crippen MR) is 71.5 cm³/mol. The number of carbonyl (C=O) groups is 1. The van der Waals surface area contributed by atoms with E-state index in [9.17, 15) is 26.4 Å². The molecular weight excluding hydrogens is 305 g/mol. The first-order chi connectivity index (χ1) is 9.66. The summed E-state index contributed by atoms with van der Waals surface area (Å²) >= 11 is 0. The summed E-state index contributed by atoms with van der Waals surface area (Å²) in [6.45, 7) is 0. The Hall–Kier alpha value is -1.37. The van der Waals surface area contributed by atoms with E-state index in [1.54, 1.807) is 0 Å². The molecule has 1 aliphatic heterocycles. The molecule has 1 heterocycles. The molecular formula is C14H15F3O3S. The lowest BCUT2D eigenvalue weighted by Gasteiger charge is -2.09. The molecule has 0 N–H and O–H groups in total. The minimum absolute atomic E-state index is 0.00132. The Morgan fingerprint density at radius 1 is 1.29 bits per heavy atom. The molecule has 7 heteroatoms. The Morgan fingerprint density at radius 2 is 2.00 bits per heavy atom. The van der Waals surface area contributed by atoms with E-state index in [0.29, 0.717) is 12.0 Å². The van der Waals surface area contributed by atoms with E-state index < -0.39 is 21.6 Å². The third-order valence-electron chi connectivity index (χ3n) is 3.50. The van der Waals surface area contributed by atoms with Crippen LogP contribution in [0.25, 0.3) is 0 Å². The van der Waals surface area contributed by atoms with Gasteiger partial charge in [-0.1, -0.05) is 18.2 Å². The van der Waals surface area contributed by atoms with Gasteiger partial charge in [0.25, 0.3) is 0 Å². The van der Waals surface area contributed by atoms with Crippen molar-refractivity contribution in [3.05, 3.63) is 35.4 Å². The average molecular weight is 320 g/mol. The third-order valence-corrected chi connectivity index (χ3v) is 5.34. The zero-order chi connectivity index (χ0) is 15.7. The van der Waals surface area contributed by atoms with Gasteiger partial charge < -0.3 is 0 Å². The summed E-state index contributed by atoms with van der Waals surface area (Å²) in [5, 5.41) is 0. The Morgan fingerprint density at radius 3 is 2.57 bits per heavy atom. The fraction of sp³-hybridized carbons (Fsp3) is 0.500. The molecule has 0 saturated carbocycles. The molecule has 1 aliphatic rings. The van der Waals surface area contributed by atoms with Crippen LogP contribution in [-0.4, -0.2) is 25.7 Å². The van der Waals surface area contributed by atoms with Crippen LogP contribution in [0.15, 0.2) is 24.3 Å². The van der Waals surface area contributed by atoms with Crippen molar-refractivity contribution >= 4 is 15.6 Å². The molecule has 0 amide bonds. The lowest BCUT2D eigenvalue weighted by atomic mass is 9.97. The van der Waals surface area contributed by atoms with E-state index in [1.807, 2.05) is 0 Å². The Balaban J connectivity index is 1.97. The first-order valence-corrected chi connectivity index (χ1v) is 8.36. The average Bonchev–Trinajstić information content (AvgIpc) is 2.67. The van der Waals surface area contributed by atoms with Gasteiger partial charge in [-0.25, -0.2) is 8.42 Å². The van der Waals surface area contributed by atoms with Gasteiger partial charge in [-0.2, -0.15) is 13.2 Å². The Labute approximate surface area is 121 Å². The Bertz CT molecular complexity index is 635. The van der Waals surface area contributed by atoms with Gasteiger partial charge in [-0.05, 0) is 24.0 Å². The number of Topliss-reactive ketones (excluding diaryl/α,β-unsaturated/α-hetero) is 1. The number of sulfone groups is 1. The van der Waals surface area contributed by atoms with Crippen molar-refractivity contribution in [2.75, 3.05) is 11.5 Å². The molecule has 3 nitrogen and oxygen atoms in total. The van der Waals surface area contributed by atoms with Crippen LogP contribution >= 0.6 is 0 Å². The van der Waals surface area contributed by atoms with Crippen molar-refractivity contribution in [2.45, 2.75) is 25.4 Å². The standard InChI is InChI=1S/C14H15F3O3S/c15-14(16,17)12-3-1-2-10(6-12)7-13(18)8-11-4-5-21(19,20)9-11/h1-3,6,11H,4-5,7-9H2. The minimum atomic E-state index is -4.43. The molecule has 0 bridgehead atoms. The molecule has 1 unspecified atom stereocenters. The number of hydrogen-bond acceptors (Lipinski definition) is 3. The van der Waals surface area contributed by atoms with Crippen LogP contribution in [0.3, 0.4) is 0 Å². The lowest BCUT2D eigenvalue weighted by molar-refractivity contribution is -0.137. The number of ketones is 1. The molecule has 1 aromatic carbocycles. The second kappa shape index (κ2) is 5.79. The molecule has 0 aromatic heterocycles. The van der Waals surface area contributed by atoms with Crippen molar-refractivity contribution in [3.63, 3.8) is 0 Å². The normalized spacial score (nSPS) is 21.4. The SMILES string of the molecule is O=C(Cc1cccc(C(F)(F)F)c1)CC1CCS(=O)(=O)C1. The van der Waals surface area contributed by atoms with Gasteiger partial charge in [0.05, 0.1) is 17.1 Å². The molecule has 1 fully saturated rings. The van der Waals surface area contributed by atoms with Gasteiger partial charge in [-0.15, -0.1) is 0 Å². The first-order valence-electron chi connectivity index (χ1n) is 6.54. The third kappa shape index (κ3) is 4.56. The Kier molecular flexibility index (Phi) is 4.41. The van der Waals surface area contributed by atoms with E-state index in [-0.39, 0.29) is 36.0 Å².